The second-order valence-corrected chi connectivity index (χ2v) is 6.65. The number of alkyl halides is 2. The van der Waals surface area contributed by atoms with Gasteiger partial charge in [0.1, 0.15) is 12.2 Å². The van der Waals surface area contributed by atoms with Crippen molar-refractivity contribution in [1.29, 1.82) is 0 Å². The van der Waals surface area contributed by atoms with Crippen LogP contribution in [0.2, 0.25) is 0 Å². The minimum absolute atomic E-state index is 0.219. The molecule has 0 aliphatic rings. The van der Waals surface area contributed by atoms with Gasteiger partial charge in [0.25, 0.3) is 0 Å². The first-order valence-corrected chi connectivity index (χ1v) is 8.63. The van der Waals surface area contributed by atoms with Gasteiger partial charge in [0.05, 0.1) is 0 Å². The molecule has 0 bridgehead atoms. The SMILES string of the molecule is O=C(C(O)Cc1ccccc1)[C@](O)(F)[C@@](O)(F)C(=O)C(O)Cc1ccc(F)c(F)c1. The summed E-state index contributed by atoms with van der Waals surface area (Å²) in [6, 6.07) is 9.69. The molecule has 6 nitrogen and oxygen atoms in total. The van der Waals surface area contributed by atoms with Crippen molar-refractivity contribution in [3.8, 4) is 0 Å². The van der Waals surface area contributed by atoms with Crippen LogP contribution in [0, 0.1) is 11.6 Å². The maximum absolute atomic E-state index is 14.5. The Kier molecular flexibility index (Phi) is 7.09. The lowest BCUT2D eigenvalue weighted by atomic mass is 9.90. The Labute approximate surface area is 168 Å². The number of hydrogen-bond donors (Lipinski definition) is 4. The number of halogens is 4. The molecule has 0 radical (unpaired) electrons. The van der Waals surface area contributed by atoms with Crippen LogP contribution in [-0.2, 0) is 22.4 Å². The van der Waals surface area contributed by atoms with Crippen molar-refractivity contribution in [3.63, 3.8) is 0 Å². The van der Waals surface area contributed by atoms with Crippen LogP contribution >= 0.6 is 0 Å². The summed E-state index contributed by atoms with van der Waals surface area (Å²) in [6.45, 7) is 0. The molecule has 2 aromatic carbocycles. The van der Waals surface area contributed by atoms with Crippen molar-refractivity contribution in [2.24, 2.45) is 0 Å². The Morgan fingerprint density at radius 1 is 0.767 bits per heavy atom. The molecule has 0 saturated carbocycles. The molecule has 2 rings (SSSR count). The van der Waals surface area contributed by atoms with E-state index in [-0.39, 0.29) is 5.56 Å². The molecule has 0 aliphatic heterocycles. The van der Waals surface area contributed by atoms with Crippen LogP contribution in [0.3, 0.4) is 0 Å². The third-order valence-electron chi connectivity index (χ3n) is 4.38. The summed E-state index contributed by atoms with van der Waals surface area (Å²) in [5.74, 6) is -17.0. The Balaban J connectivity index is 2.15. The summed E-state index contributed by atoms with van der Waals surface area (Å²) in [6.07, 6.45) is -6.32. The molecule has 0 spiro atoms. The highest BCUT2D eigenvalue weighted by Gasteiger charge is 2.64. The zero-order valence-corrected chi connectivity index (χ0v) is 15.3. The third-order valence-corrected chi connectivity index (χ3v) is 4.38. The van der Waals surface area contributed by atoms with Crippen molar-refractivity contribution in [1.82, 2.24) is 0 Å². The van der Waals surface area contributed by atoms with Gasteiger partial charge in [-0.3, -0.25) is 9.59 Å². The summed E-state index contributed by atoms with van der Waals surface area (Å²) < 4.78 is 55.0. The first-order valence-electron chi connectivity index (χ1n) is 8.63. The van der Waals surface area contributed by atoms with Gasteiger partial charge < -0.3 is 20.4 Å². The van der Waals surface area contributed by atoms with Crippen LogP contribution in [0.15, 0.2) is 48.5 Å². The van der Waals surface area contributed by atoms with E-state index < -0.39 is 60.0 Å². The fourth-order valence-electron chi connectivity index (χ4n) is 2.68. The zero-order chi connectivity index (χ0) is 22.7. The summed E-state index contributed by atoms with van der Waals surface area (Å²) in [4.78, 5) is 24.0. The lowest BCUT2D eigenvalue weighted by molar-refractivity contribution is -0.267. The summed E-state index contributed by atoms with van der Waals surface area (Å²) >= 11 is 0. The van der Waals surface area contributed by atoms with E-state index in [9.17, 15) is 47.6 Å². The molecule has 0 saturated heterocycles. The number of aliphatic hydroxyl groups is 4. The van der Waals surface area contributed by atoms with Gasteiger partial charge in [-0.25, -0.2) is 8.78 Å². The van der Waals surface area contributed by atoms with Crippen molar-refractivity contribution < 1.29 is 47.6 Å². The highest BCUT2D eigenvalue weighted by Crippen LogP contribution is 2.31. The standard InChI is InChI=1S/C20H18F4O6/c21-13-7-6-12(8-14(13)22)10-16(26)18(28)20(24,30)19(23,29)17(27)15(25)9-11-4-2-1-3-5-11/h1-8,15-16,25-26,29-30H,9-10H2/t15?,16?,19-,20-/m1/s1. The van der Waals surface area contributed by atoms with Crippen LogP contribution in [0.4, 0.5) is 17.6 Å². The molecular formula is C20H18F4O6. The molecule has 162 valence electrons. The highest BCUT2D eigenvalue weighted by molar-refractivity contribution is 6.00. The predicted molar refractivity (Wildman–Crippen MR) is 94.4 cm³/mol. The molecule has 4 N–H and O–H groups in total. The molecule has 0 aliphatic carbocycles. The Bertz CT molecular complexity index is 917. The van der Waals surface area contributed by atoms with E-state index in [0.717, 1.165) is 6.07 Å². The fraction of sp³-hybridized carbons (Fsp3) is 0.300. The highest BCUT2D eigenvalue weighted by atomic mass is 19.2. The zero-order valence-electron chi connectivity index (χ0n) is 15.3. The van der Waals surface area contributed by atoms with Gasteiger partial charge in [0.15, 0.2) is 11.6 Å². The van der Waals surface area contributed by atoms with E-state index >= 15 is 0 Å². The quantitative estimate of drug-likeness (QED) is 0.440. The second kappa shape index (κ2) is 9.00. The van der Waals surface area contributed by atoms with Gasteiger partial charge in [0.2, 0.25) is 11.6 Å². The van der Waals surface area contributed by atoms with E-state index in [1.807, 2.05) is 0 Å². The number of ketones is 2. The number of carbonyl (C=O) groups is 2. The van der Waals surface area contributed by atoms with Crippen molar-refractivity contribution in [3.05, 3.63) is 71.3 Å². The Hall–Kier alpha value is -2.66. The lowest BCUT2D eigenvalue weighted by Gasteiger charge is -2.30. The van der Waals surface area contributed by atoms with Crippen molar-refractivity contribution in [2.45, 2.75) is 36.8 Å². The van der Waals surface area contributed by atoms with Crippen LogP contribution in [0.1, 0.15) is 11.1 Å². The third kappa shape index (κ3) is 4.90. The van der Waals surface area contributed by atoms with Gasteiger partial charge in [-0.2, -0.15) is 8.78 Å². The smallest absolute Gasteiger partial charge is 0.335 e. The van der Waals surface area contributed by atoms with Crippen LogP contribution in [-0.4, -0.2) is 55.9 Å². The van der Waals surface area contributed by atoms with Crippen LogP contribution in [0.5, 0.6) is 0 Å². The fourth-order valence-corrected chi connectivity index (χ4v) is 2.68. The number of Topliss-reactive ketones (excluding diaryl/α,β-unsaturated/α-hetero) is 2. The van der Waals surface area contributed by atoms with Crippen LogP contribution < -0.4 is 0 Å². The number of carbonyl (C=O) groups excluding carboxylic acids is 2. The molecule has 4 atom stereocenters. The van der Waals surface area contributed by atoms with E-state index in [4.69, 9.17) is 0 Å². The maximum atomic E-state index is 14.5. The van der Waals surface area contributed by atoms with Gasteiger partial charge in [-0.1, -0.05) is 36.4 Å². The number of benzene rings is 2. The molecule has 30 heavy (non-hydrogen) atoms. The molecule has 0 heterocycles. The summed E-state index contributed by atoms with van der Waals surface area (Å²) in [5, 5.41) is 38.7. The van der Waals surface area contributed by atoms with Crippen molar-refractivity contribution in [2.75, 3.05) is 0 Å². The summed E-state index contributed by atoms with van der Waals surface area (Å²) in [7, 11) is 0. The minimum atomic E-state index is -4.93. The number of rotatable bonds is 9. The molecular weight excluding hydrogens is 412 g/mol. The average molecular weight is 430 g/mol. The Morgan fingerprint density at radius 3 is 1.70 bits per heavy atom. The summed E-state index contributed by atoms with van der Waals surface area (Å²) in [5.41, 5.74) is 0.0876. The van der Waals surface area contributed by atoms with Gasteiger partial charge >= 0.3 is 11.7 Å². The molecule has 2 unspecified atom stereocenters. The first kappa shape index (κ1) is 23.6. The molecule has 0 fully saturated rings. The topological polar surface area (TPSA) is 115 Å². The van der Waals surface area contributed by atoms with E-state index in [2.05, 4.69) is 0 Å². The number of aliphatic hydroxyl groups excluding tert-OH is 2. The largest absolute Gasteiger partial charge is 0.385 e. The van der Waals surface area contributed by atoms with Gasteiger partial charge in [-0.15, -0.1) is 0 Å². The first-order chi connectivity index (χ1) is 13.9. The second-order valence-electron chi connectivity index (χ2n) is 6.65. The van der Waals surface area contributed by atoms with E-state index in [1.165, 1.54) is 24.3 Å². The monoisotopic (exact) mass is 430 g/mol. The predicted octanol–water partition coefficient (Wildman–Crippen LogP) is 0.926. The van der Waals surface area contributed by atoms with E-state index in [1.54, 1.807) is 6.07 Å². The van der Waals surface area contributed by atoms with E-state index in [0.29, 0.717) is 17.7 Å². The molecule has 0 aromatic heterocycles. The molecule has 0 amide bonds. The number of hydrogen-bond acceptors (Lipinski definition) is 6. The maximum Gasteiger partial charge on any atom is 0.335 e. The minimum Gasteiger partial charge on any atom is -0.385 e. The average Bonchev–Trinajstić information content (AvgIpc) is 2.70. The Morgan fingerprint density at radius 2 is 1.23 bits per heavy atom. The van der Waals surface area contributed by atoms with Gasteiger partial charge in [-0.05, 0) is 23.3 Å². The molecule has 2 aromatic rings. The molecule has 10 heteroatoms. The lowest BCUT2D eigenvalue weighted by Crippen LogP contribution is -2.63. The normalized spacial score (nSPS) is 17.5. The van der Waals surface area contributed by atoms with Crippen molar-refractivity contribution >= 4 is 11.6 Å². The van der Waals surface area contributed by atoms with Crippen LogP contribution in [0.25, 0.3) is 0 Å². The van der Waals surface area contributed by atoms with Gasteiger partial charge in [0, 0.05) is 12.8 Å².